The van der Waals surface area contributed by atoms with Crippen LogP contribution < -0.4 is 5.32 Å². The third-order valence-corrected chi connectivity index (χ3v) is 7.93. The van der Waals surface area contributed by atoms with Crippen molar-refractivity contribution in [1.82, 2.24) is 9.62 Å². The Kier molecular flexibility index (Phi) is 4.07. The second-order valence-electron chi connectivity index (χ2n) is 5.70. The van der Waals surface area contributed by atoms with Crippen molar-refractivity contribution >= 4 is 27.3 Å². The number of nitrogens with one attached hydrogen (secondary N) is 1. The Hall–Kier alpha value is -0.920. The van der Waals surface area contributed by atoms with Crippen LogP contribution in [0.15, 0.2) is 16.3 Å². The maximum atomic E-state index is 12.7. The fraction of sp³-hybridized carbons (Fsp3) is 0.643. The van der Waals surface area contributed by atoms with Gasteiger partial charge in [-0.3, -0.25) is 4.79 Å². The lowest BCUT2D eigenvalue weighted by Gasteiger charge is -2.40. The maximum absolute atomic E-state index is 12.7. The van der Waals surface area contributed by atoms with Crippen LogP contribution in [0.3, 0.4) is 0 Å². The molecule has 2 unspecified atom stereocenters. The fourth-order valence-electron chi connectivity index (χ4n) is 3.11. The Morgan fingerprint density at radius 1 is 1.38 bits per heavy atom. The van der Waals surface area contributed by atoms with Crippen molar-refractivity contribution < 1.29 is 13.2 Å². The molecule has 5 nitrogen and oxygen atoms in total. The fourth-order valence-corrected chi connectivity index (χ4v) is 6.07. The number of amides is 1. The second kappa shape index (κ2) is 5.70. The number of sulfonamides is 1. The van der Waals surface area contributed by atoms with Gasteiger partial charge in [-0.2, -0.15) is 4.31 Å². The zero-order valence-corrected chi connectivity index (χ0v) is 13.7. The number of carbonyl (C=O) groups is 1. The molecule has 116 valence electrons. The number of carbonyl (C=O) groups excluding carboxylic acids is 1. The number of nitrogens with zero attached hydrogens (tertiary/aromatic N) is 1. The zero-order chi connectivity index (χ0) is 15.0. The summed E-state index contributed by atoms with van der Waals surface area (Å²) in [6.45, 7) is 3.04. The number of piperidine rings is 2. The molecule has 2 aliphatic heterocycles. The molecule has 2 fully saturated rings. The molecule has 0 spiro atoms. The molecule has 2 saturated heterocycles. The van der Waals surface area contributed by atoms with Crippen molar-refractivity contribution in [3.63, 3.8) is 0 Å². The van der Waals surface area contributed by atoms with Crippen LogP contribution in [0.5, 0.6) is 0 Å². The molecule has 3 rings (SSSR count). The summed E-state index contributed by atoms with van der Waals surface area (Å²) in [5, 5.41) is 2.99. The van der Waals surface area contributed by atoms with E-state index in [-0.39, 0.29) is 17.9 Å². The summed E-state index contributed by atoms with van der Waals surface area (Å²) in [6.07, 6.45) is 2.86. The smallest absolute Gasteiger partial charge is 0.252 e. The molecule has 1 aromatic heterocycles. The number of aryl methyl sites for hydroxylation is 1. The van der Waals surface area contributed by atoms with E-state index in [0.29, 0.717) is 30.1 Å². The Balaban J connectivity index is 1.76. The summed E-state index contributed by atoms with van der Waals surface area (Å²) >= 11 is 1.36. The highest BCUT2D eigenvalue weighted by atomic mass is 32.2. The van der Waals surface area contributed by atoms with Gasteiger partial charge in [-0.05, 0) is 37.3 Å². The first-order chi connectivity index (χ1) is 10.0. The van der Waals surface area contributed by atoms with E-state index in [1.165, 1.54) is 11.3 Å². The topological polar surface area (TPSA) is 66.5 Å². The van der Waals surface area contributed by atoms with Crippen LogP contribution >= 0.6 is 11.3 Å². The average molecular weight is 328 g/mol. The van der Waals surface area contributed by atoms with Crippen molar-refractivity contribution in [2.24, 2.45) is 5.92 Å². The Morgan fingerprint density at radius 2 is 2.19 bits per heavy atom. The van der Waals surface area contributed by atoms with Crippen LogP contribution in [0.2, 0.25) is 0 Å². The lowest BCUT2D eigenvalue weighted by molar-refractivity contribution is -0.124. The van der Waals surface area contributed by atoms with Gasteiger partial charge in [0.1, 0.15) is 4.21 Å². The highest BCUT2D eigenvalue weighted by Gasteiger charge is 2.38. The zero-order valence-electron chi connectivity index (χ0n) is 12.0. The van der Waals surface area contributed by atoms with E-state index in [2.05, 4.69) is 5.32 Å². The molecule has 2 atom stereocenters. The van der Waals surface area contributed by atoms with Gasteiger partial charge in [0.2, 0.25) is 5.91 Å². The molecule has 1 aromatic rings. The molecule has 0 bridgehead atoms. The first kappa shape index (κ1) is 15.0. The molecule has 1 N–H and O–H groups in total. The summed E-state index contributed by atoms with van der Waals surface area (Å²) in [5.41, 5.74) is 0. The molecule has 0 aromatic carbocycles. The third-order valence-electron chi connectivity index (χ3n) is 4.36. The van der Waals surface area contributed by atoms with Gasteiger partial charge >= 0.3 is 0 Å². The van der Waals surface area contributed by atoms with E-state index in [4.69, 9.17) is 0 Å². The van der Waals surface area contributed by atoms with Crippen molar-refractivity contribution in [3.05, 3.63) is 17.0 Å². The van der Waals surface area contributed by atoms with Crippen LogP contribution in [0.1, 0.15) is 31.1 Å². The van der Waals surface area contributed by atoms with Gasteiger partial charge in [-0.1, -0.05) is 6.92 Å². The Labute approximate surface area is 129 Å². The molecule has 0 saturated carbocycles. The summed E-state index contributed by atoms with van der Waals surface area (Å²) in [7, 11) is -3.38. The number of rotatable bonds is 3. The van der Waals surface area contributed by atoms with Gasteiger partial charge in [0.05, 0.1) is 0 Å². The summed E-state index contributed by atoms with van der Waals surface area (Å²) < 4.78 is 27.4. The summed E-state index contributed by atoms with van der Waals surface area (Å²) in [4.78, 5) is 12.5. The Morgan fingerprint density at radius 3 is 2.90 bits per heavy atom. The van der Waals surface area contributed by atoms with E-state index in [0.717, 1.165) is 17.7 Å². The SMILES string of the molecule is CCc1ccc(S(=O)(=O)N2CCC3NC(=O)CCC3C2)s1. The standard InChI is InChI=1S/C14H20N2O3S2/c1-2-11-4-6-14(20-11)21(18,19)16-8-7-12-10(9-16)3-5-13(17)15-12/h4,6,10,12H,2-3,5,7-9H2,1H3,(H,15,17). The van der Waals surface area contributed by atoms with Crippen LogP contribution in [0, 0.1) is 5.92 Å². The van der Waals surface area contributed by atoms with Crippen molar-refractivity contribution in [2.75, 3.05) is 13.1 Å². The largest absolute Gasteiger partial charge is 0.353 e. The van der Waals surface area contributed by atoms with E-state index in [1.54, 1.807) is 10.4 Å². The number of hydrogen-bond donors (Lipinski definition) is 1. The molecule has 2 aliphatic rings. The van der Waals surface area contributed by atoms with E-state index in [9.17, 15) is 13.2 Å². The first-order valence-corrected chi connectivity index (χ1v) is 9.64. The number of hydrogen-bond acceptors (Lipinski definition) is 4. The van der Waals surface area contributed by atoms with Gasteiger partial charge in [-0.15, -0.1) is 11.3 Å². The lowest BCUT2D eigenvalue weighted by Crippen LogP contribution is -2.54. The quantitative estimate of drug-likeness (QED) is 0.916. The van der Waals surface area contributed by atoms with E-state index in [1.807, 2.05) is 13.0 Å². The summed E-state index contributed by atoms with van der Waals surface area (Å²) in [5.74, 6) is 0.343. The predicted molar refractivity (Wildman–Crippen MR) is 81.7 cm³/mol. The number of thiophene rings is 1. The lowest BCUT2D eigenvalue weighted by atomic mass is 9.86. The van der Waals surface area contributed by atoms with Gasteiger partial charge in [0, 0.05) is 30.4 Å². The molecule has 1 amide bonds. The minimum absolute atomic E-state index is 0.0957. The first-order valence-electron chi connectivity index (χ1n) is 7.39. The normalized spacial score (nSPS) is 27.2. The molecular formula is C14H20N2O3S2. The van der Waals surface area contributed by atoms with Gasteiger partial charge in [-0.25, -0.2) is 8.42 Å². The minimum atomic E-state index is -3.38. The molecule has 0 aliphatic carbocycles. The molecule has 21 heavy (non-hydrogen) atoms. The van der Waals surface area contributed by atoms with Crippen LogP contribution in [0.4, 0.5) is 0 Å². The van der Waals surface area contributed by atoms with Gasteiger partial charge in [0.25, 0.3) is 10.0 Å². The predicted octanol–water partition coefficient (Wildman–Crippen LogP) is 1.60. The van der Waals surface area contributed by atoms with Crippen molar-refractivity contribution in [2.45, 2.75) is 42.9 Å². The highest BCUT2D eigenvalue weighted by molar-refractivity contribution is 7.91. The van der Waals surface area contributed by atoms with Crippen LogP contribution in [-0.2, 0) is 21.2 Å². The number of fused-ring (bicyclic) bond motifs is 1. The molecular weight excluding hydrogens is 308 g/mol. The third kappa shape index (κ3) is 2.86. The van der Waals surface area contributed by atoms with Gasteiger partial charge in [0.15, 0.2) is 0 Å². The molecule has 0 radical (unpaired) electrons. The second-order valence-corrected chi connectivity index (χ2v) is 9.03. The molecule has 3 heterocycles. The Bertz CT molecular complexity index is 638. The monoisotopic (exact) mass is 328 g/mol. The minimum Gasteiger partial charge on any atom is -0.353 e. The molecule has 7 heteroatoms. The highest BCUT2D eigenvalue weighted by Crippen LogP contribution is 2.31. The average Bonchev–Trinajstić information content (AvgIpc) is 2.96. The van der Waals surface area contributed by atoms with Gasteiger partial charge < -0.3 is 5.32 Å². The van der Waals surface area contributed by atoms with Crippen molar-refractivity contribution in [3.8, 4) is 0 Å². The van der Waals surface area contributed by atoms with Crippen molar-refractivity contribution in [1.29, 1.82) is 0 Å². The van der Waals surface area contributed by atoms with E-state index < -0.39 is 10.0 Å². The maximum Gasteiger partial charge on any atom is 0.252 e. The van der Waals surface area contributed by atoms with Crippen LogP contribution in [0.25, 0.3) is 0 Å². The summed E-state index contributed by atoms with van der Waals surface area (Å²) in [6, 6.07) is 3.76. The van der Waals surface area contributed by atoms with E-state index >= 15 is 0 Å². The van der Waals surface area contributed by atoms with Crippen LogP contribution in [-0.4, -0.2) is 37.8 Å².